The maximum absolute atomic E-state index is 12.2. The van der Waals surface area contributed by atoms with Crippen LogP contribution >= 0.6 is 0 Å². The summed E-state index contributed by atoms with van der Waals surface area (Å²) in [4.78, 5) is 28.6. The highest BCUT2D eigenvalue weighted by Gasteiger charge is 2.09. The number of anilines is 1. The third kappa shape index (κ3) is 3.29. The summed E-state index contributed by atoms with van der Waals surface area (Å²) in [5, 5.41) is 3.03. The van der Waals surface area contributed by atoms with Gasteiger partial charge in [-0.05, 0) is 0 Å². The van der Waals surface area contributed by atoms with Gasteiger partial charge in [-0.1, -0.05) is 30.3 Å². The highest BCUT2D eigenvalue weighted by atomic mass is 16.1. The second-order valence-electron chi connectivity index (χ2n) is 4.54. The van der Waals surface area contributed by atoms with Gasteiger partial charge in [0.2, 0.25) is 5.95 Å². The number of carbonyl (C=O) groups is 1. The molecule has 0 radical (unpaired) electrons. The fraction of sp³-hybridized carbons (Fsp3) is 0.0625. The van der Waals surface area contributed by atoms with Gasteiger partial charge < -0.3 is 5.32 Å². The topological polar surface area (TPSA) is 80.7 Å². The van der Waals surface area contributed by atoms with Crippen molar-refractivity contribution in [2.24, 2.45) is 0 Å². The maximum atomic E-state index is 12.2. The minimum Gasteiger partial charge on any atom is -0.349 e. The molecule has 6 nitrogen and oxygen atoms in total. The summed E-state index contributed by atoms with van der Waals surface area (Å²) in [7, 11) is 0. The average Bonchev–Trinajstić information content (AvgIpc) is 2.61. The first kappa shape index (κ1) is 13.8. The van der Waals surface area contributed by atoms with Crippen molar-refractivity contribution in [1.82, 2.24) is 19.9 Å². The summed E-state index contributed by atoms with van der Waals surface area (Å²) in [5.74, 6) is 0.344. The molecule has 2 heterocycles. The Morgan fingerprint density at radius 3 is 2.36 bits per heavy atom. The van der Waals surface area contributed by atoms with Crippen LogP contribution in [0, 0.1) is 0 Å². The van der Waals surface area contributed by atoms with Crippen molar-refractivity contribution in [3.63, 3.8) is 0 Å². The number of ketones is 1. The molecule has 0 bridgehead atoms. The van der Waals surface area contributed by atoms with Gasteiger partial charge in [0.15, 0.2) is 5.78 Å². The Morgan fingerprint density at radius 2 is 1.68 bits per heavy atom. The van der Waals surface area contributed by atoms with Crippen LogP contribution in [0.5, 0.6) is 0 Å². The zero-order valence-electron chi connectivity index (χ0n) is 11.7. The van der Waals surface area contributed by atoms with E-state index >= 15 is 0 Å². The van der Waals surface area contributed by atoms with Crippen molar-refractivity contribution in [3.05, 3.63) is 78.1 Å². The second-order valence-corrected chi connectivity index (χ2v) is 4.54. The van der Waals surface area contributed by atoms with Crippen molar-refractivity contribution in [2.75, 3.05) is 5.32 Å². The Morgan fingerprint density at radius 1 is 0.909 bits per heavy atom. The van der Waals surface area contributed by atoms with Crippen molar-refractivity contribution < 1.29 is 4.79 Å². The fourth-order valence-corrected chi connectivity index (χ4v) is 1.88. The quantitative estimate of drug-likeness (QED) is 0.725. The van der Waals surface area contributed by atoms with Crippen molar-refractivity contribution in [3.8, 4) is 0 Å². The van der Waals surface area contributed by atoms with Crippen LogP contribution in [0.2, 0.25) is 0 Å². The first-order valence-corrected chi connectivity index (χ1v) is 6.73. The van der Waals surface area contributed by atoms with E-state index in [2.05, 4.69) is 25.3 Å². The van der Waals surface area contributed by atoms with Gasteiger partial charge in [0.05, 0.1) is 24.0 Å². The highest BCUT2D eigenvalue weighted by Crippen LogP contribution is 2.09. The smallest absolute Gasteiger partial charge is 0.222 e. The van der Waals surface area contributed by atoms with Crippen LogP contribution in [0.1, 0.15) is 21.6 Å². The molecular weight excluding hydrogens is 278 g/mol. The van der Waals surface area contributed by atoms with E-state index in [0.29, 0.717) is 23.6 Å². The molecule has 3 rings (SSSR count). The van der Waals surface area contributed by atoms with Crippen molar-refractivity contribution in [1.29, 1.82) is 0 Å². The number of hydrogen-bond acceptors (Lipinski definition) is 6. The van der Waals surface area contributed by atoms with E-state index in [9.17, 15) is 4.79 Å². The molecule has 0 amide bonds. The normalized spacial score (nSPS) is 10.2. The molecule has 0 saturated heterocycles. The molecule has 0 aliphatic carbocycles. The molecule has 3 aromatic rings. The van der Waals surface area contributed by atoms with Crippen molar-refractivity contribution >= 4 is 11.7 Å². The number of aromatic nitrogens is 4. The number of nitrogens with zero attached hydrogens (tertiary/aromatic N) is 4. The Labute approximate surface area is 127 Å². The molecule has 0 saturated carbocycles. The number of benzene rings is 1. The molecule has 0 atom stereocenters. The van der Waals surface area contributed by atoms with Gasteiger partial charge in [0, 0.05) is 30.4 Å². The van der Waals surface area contributed by atoms with Gasteiger partial charge in [-0.15, -0.1) is 0 Å². The average molecular weight is 291 g/mol. The van der Waals surface area contributed by atoms with E-state index in [1.165, 1.54) is 12.4 Å². The predicted molar refractivity (Wildman–Crippen MR) is 81.3 cm³/mol. The molecule has 1 N–H and O–H groups in total. The first-order valence-electron chi connectivity index (χ1n) is 6.73. The minimum absolute atomic E-state index is 0.0962. The molecular formula is C16H13N5O. The van der Waals surface area contributed by atoms with E-state index in [-0.39, 0.29) is 5.78 Å². The van der Waals surface area contributed by atoms with Crippen LogP contribution in [-0.2, 0) is 6.54 Å². The monoisotopic (exact) mass is 291 g/mol. The number of nitrogens with one attached hydrogen (secondary N) is 1. The minimum atomic E-state index is -0.0962. The van der Waals surface area contributed by atoms with Gasteiger partial charge in [0.1, 0.15) is 0 Å². The van der Waals surface area contributed by atoms with E-state index < -0.39 is 0 Å². The molecule has 1 aromatic carbocycles. The van der Waals surface area contributed by atoms with Crippen LogP contribution in [-0.4, -0.2) is 25.7 Å². The second kappa shape index (κ2) is 6.53. The lowest BCUT2D eigenvalue weighted by Gasteiger charge is -2.04. The zero-order chi connectivity index (χ0) is 15.2. The Kier molecular flexibility index (Phi) is 4.10. The zero-order valence-corrected chi connectivity index (χ0v) is 11.7. The molecule has 22 heavy (non-hydrogen) atoms. The van der Waals surface area contributed by atoms with Gasteiger partial charge in [0.25, 0.3) is 0 Å². The summed E-state index contributed by atoms with van der Waals surface area (Å²) in [6, 6.07) is 9.05. The summed E-state index contributed by atoms with van der Waals surface area (Å²) in [6.45, 7) is 0.472. The number of rotatable bonds is 5. The molecule has 6 heteroatoms. The molecule has 0 unspecified atom stereocenters. The van der Waals surface area contributed by atoms with E-state index in [1.807, 2.05) is 18.2 Å². The predicted octanol–water partition coefficient (Wildman–Crippen LogP) is 2.11. The lowest BCUT2D eigenvalue weighted by Crippen LogP contribution is -2.07. The third-order valence-corrected chi connectivity index (χ3v) is 2.99. The molecule has 2 aromatic heterocycles. The van der Waals surface area contributed by atoms with E-state index in [4.69, 9.17) is 0 Å². The van der Waals surface area contributed by atoms with E-state index in [1.54, 1.807) is 30.7 Å². The largest absolute Gasteiger partial charge is 0.349 e. The third-order valence-electron chi connectivity index (χ3n) is 2.99. The summed E-state index contributed by atoms with van der Waals surface area (Å²) in [6.07, 6.45) is 7.94. The summed E-state index contributed by atoms with van der Waals surface area (Å²) in [5.41, 5.74) is 1.86. The molecule has 0 aliphatic heterocycles. The molecule has 0 aliphatic rings. The molecule has 108 valence electrons. The Hall–Kier alpha value is -3.15. The summed E-state index contributed by atoms with van der Waals surface area (Å²) >= 11 is 0. The van der Waals surface area contributed by atoms with Crippen LogP contribution in [0.4, 0.5) is 5.95 Å². The van der Waals surface area contributed by atoms with E-state index in [0.717, 1.165) is 5.69 Å². The van der Waals surface area contributed by atoms with Crippen LogP contribution in [0.25, 0.3) is 0 Å². The van der Waals surface area contributed by atoms with Gasteiger partial charge in [-0.25, -0.2) is 9.97 Å². The Bertz CT molecular complexity index is 745. The lowest BCUT2D eigenvalue weighted by atomic mass is 10.1. The van der Waals surface area contributed by atoms with Crippen molar-refractivity contribution in [2.45, 2.75) is 6.54 Å². The number of carbonyl (C=O) groups excluding carboxylic acids is 1. The van der Waals surface area contributed by atoms with Gasteiger partial charge in [-0.3, -0.25) is 14.8 Å². The van der Waals surface area contributed by atoms with Crippen LogP contribution < -0.4 is 5.32 Å². The first-order chi connectivity index (χ1) is 10.8. The fourth-order valence-electron chi connectivity index (χ4n) is 1.88. The Balaban J connectivity index is 1.67. The van der Waals surface area contributed by atoms with Gasteiger partial charge in [-0.2, -0.15) is 0 Å². The highest BCUT2D eigenvalue weighted by molar-refractivity contribution is 6.08. The summed E-state index contributed by atoms with van der Waals surface area (Å²) < 4.78 is 0. The number of hydrogen-bond donors (Lipinski definition) is 1. The lowest BCUT2D eigenvalue weighted by molar-refractivity contribution is 0.103. The SMILES string of the molecule is O=C(c1ccccc1)c1cnc(NCc2cnccn2)nc1. The van der Waals surface area contributed by atoms with Gasteiger partial charge >= 0.3 is 0 Å². The molecule has 0 spiro atoms. The standard InChI is InChI=1S/C16H13N5O/c22-15(12-4-2-1-3-5-12)13-8-19-16(20-9-13)21-11-14-10-17-6-7-18-14/h1-10H,11H2,(H,19,20,21). The van der Waals surface area contributed by atoms with Crippen LogP contribution in [0.3, 0.4) is 0 Å². The maximum Gasteiger partial charge on any atom is 0.222 e. The van der Waals surface area contributed by atoms with Crippen LogP contribution in [0.15, 0.2) is 61.3 Å². The molecule has 0 fully saturated rings.